The molecule has 1 aromatic carbocycles. The van der Waals surface area contributed by atoms with Crippen LogP contribution in [0, 0.1) is 0 Å². The molecule has 0 aliphatic carbocycles. The van der Waals surface area contributed by atoms with Gasteiger partial charge in [-0.1, -0.05) is 30.7 Å². The molecule has 27 heavy (non-hydrogen) atoms. The van der Waals surface area contributed by atoms with E-state index in [1.165, 1.54) is 0 Å². The van der Waals surface area contributed by atoms with Crippen LogP contribution >= 0.6 is 11.6 Å². The lowest BCUT2D eigenvalue weighted by Gasteiger charge is -2.42. The first-order valence-electron chi connectivity index (χ1n) is 9.33. The van der Waals surface area contributed by atoms with E-state index >= 15 is 0 Å². The molecule has 1 atom stereocenters. The molecule has 4 rings (SSSR count). The summed E-state index contributed by atoms with van der Waals surface area (Å²) in [6, 6.07) is 7.45. The van der Waals surface area contributed by atoms with Crippen molar-refractivity contribution in [2.24, 2.45) is 0 Å². The molecule has 2 aromatic rings. The maximum absolute atomic E-state index is 13.3. The van der Waals surface area contributed by atoms with Gasteiger partial charge in [0.05, 0.1) is 36.1 Å². The molecule has 0 saturated carbocycles. The molecule has 7 nitrogen and oxygen atoms in total. The number of hydrogen-bond acceptors (Lipinski definition) is 5. The third-order valence-electron chi connectivity index (χ3n) is 5.15. The van der Waals surface area contributed by atoms with Gasteiger partial charge in [-0.25, -0.2) is 9.67 Å². The van der Waals surface area contributed by atoms with Crippen molar-refractivity contribution in [3.8, 4) is 5.69 Å². The number of carbonyl (C=O) groups excluding carboxylic acids is 1. The second-order valence-corrected chi connectivity index (χ2v) is 7.41. The molecular formula is C19H23ClN4O3. The Morgan fingerprint density at radius 3 is 2.78 bits per heavy atom. The minimum atomic E-state index is -0.407. The first-order chi connectivity index (χ1) is 13.1. The standard InChI is InChI=1S/C19H23ClN4O3/c1-2-5-16-21-17(22-24(16)15-7-4-3-6-14(15)20)18(25)23-9-11-27-13-19(23)8-10-26-12-19/h3-4,6-7H,2,5,8-13H2,1H3. The minimum Gasteiger partial charge on any atom is -0.379 e. The fraction of sp³-hybridized carbons (Fsp3) is 0.526. The number of para-hydroxylation sites is 1. The second-order valence-electron chi connectivity index (χ2n) is 7.00. The van der Waals surface area contributed by atoms with Gasteiger partial charge >= 0.3 is 0 Å². The first-order valence-corrected chi connectivity index (χ1v) is 9.71. The summed E-state index contributed by atoms with van der Waals surface area (Å²) >= 11 is 6.35. The van der Waals surface area contributed by atoms with E-state index in [1.54, 1.807) is 4.68 Å². The first kappa shape index (κ1) is 18.4. The van der Waals surface area contributed by atoms with Crippen LogP contribution in [0.3, 0.4) is 0 Å². The van der Waals surface area contributed by atoms with Crippen LogP contribution in [0.5, 0.6) is 0 Å². The van der Waals surface area contributed by atoms with E-state index in [2.05, 4.69) is 17.0 Å². The van der Waals surface area contributed by atoms with Crippen molar-refractivity contribution in [1.29, 1.82) is 0 Å². The number of amides is 1. The summed E-state index contributed by atoms with van der Waals surface area (Å²) in [5, 5.41) is 5.11. The number of morpholine rings is 1. The maximum atomic E-state index is 13.3. The van der Waals surface area contributed by atoms with Crippen molar-refractivity contribution in [2.45, 2.75) is 31.7 Å². The molecule has 0 N–H and O–H groups in total. The lowest BCUT2D eigenvalue weighted by molar-refractivity contribution is -0.0555. The normalized spacial score (nSPS) is 22.5. The fourth-order valence-corrected chi connectivity index (χ4v) is 3.95. The molecule has 2 aliphatic heterocycles. The molecule has 2 saturated heterocycles. The van der Waals surface area contributed by atoms with Crippen molar-refractivity contribution in [3.63, 3.8) is 0 Å². The summed E-state index contributed by atoms with van der Waals surface area (Å²) in [7, 11) is 0. The Hall–Kier alpha value is -1.96. The van der Waals surface area contributed by atoms with Gasteiger partial charge < -0.3 is 14.4 Å². The van der Waals surface area contributed by atoms with Crippen LogP contribution in [0.15, 0.2) is 24.3 Å². The van der Waals surface area contributed by atoms with Crippen LogP contribution in [-0.4, -0.2) is 64.1 Å². The van der Waals surface area contributed by atoms with Gasteiger partial charge in [0.2, 0.25) is 5.82 Å². The molecule has 1 amide bonds. The van der Waals surface area contributed by atoms with Crippen LogP contribution in [0.1, 0.15) is 36.2 Å². The zero-order valence-corrected chi connectivity index (χ0v) is 16.1. The smallest absolute Gasteiger partial charge is 0.294 e. The van der Waals surface area contributed by atoms with Gasteiger partial charge in [0.25, 0.3) is 5.91 Å². The number of aryl methyl sites for hydroxylation is 1. The Kier molecular flexibility index (Phi) is 5.16. The van der Waals surface area contributed by atoms with E-state index < -0.39 is 5.54 Å². The molecule has 2 aliphatic rings. The minimum absolute atomic E-state index is 0.174. The van der Waals surface area contributed by atoms with Crippen molar-refractivity contribution in [2.75, 3.05) is 33.0 Å². The van der Waals surface area contributed by atoms with E-state index in [1.807, 2.05) is 29.2 Å². The number of aromatic nitrogens is 3. The van der Waals surface area contributed by atoms with Crippen molar-refractivity contribution in [1.82, 2.24) is 19.7 Å². The van der Waals surface area contributed by atoms with Gasteiger partial charge in [-0.3, -0.25) is 4.79 Å². The number of nitrogens with zero attached hydrogens (tertiary/aromatic N) is 4. The summed E-state index contributed by atoms with van der Waals surface area (Å²) in [6.45, 7) is 4.72. The van der Waals surface area contributed by atoms with E-state index in [4.69, 9.17) is 21.1 Å². The lowest BCUT2D eigenvalue weighted by Crippen LogP contribution is -2.59. The second kappa shape index (κ2) is 7.58. The topological polar surface area (TPSA) is 69.5 Å². The molecule has 8 heteroatoms. The number of benzene rings is 1. The number of hydrogen-bond donors (Lipinski definition) is 0. The van der Waals surface area contributed by atoms with Crippen LogP contribution in [0.4, 0.5) is 0 Å². The summed E-state index contributed by atoms with van der Waals surface area (Å²) < 4.78 is 12.9. The number of rotatable bonds is 4. The fourth-order valence-electron chi connectivity index (χ4n) is 3.73. The highest BCUT2D eigenvalue weighted by molar-refractivity contribution is 6.32. The zero-order valence-electron chi connectivity index (χ0n) is 15.4. The van der Waals surface area contributed by atoms with Gasteiger partial charge in [0, 0.05) is 19.6 Å². The largest absolute Gasteiger partial charge is 0.379 e. The number of carbonyl (C=O) groups is 1. The average Bonchev–Trinajstić information content (AvgIpc) is 3.30. The predicted molar refractivity (Wildman–Crippen MR) is 100 cm³/mol. The zero-order chi connectivity index (χ0) is 18.9. The highest BCUT2D eigenvalue weighted by Crippen LogP contribution is 2.30. The SMILES string of the molecule is CCCc1nc(C(=O)N2CCOCC23CCOC3)nn1-c1ccccc1Cl. The highest BCUT2D eigenvalue weighted by Gasteiger charge is 2.46. The summed E-state index contributed by atoms with van der Waals surface area (Å²) in [5.74, 6) is 0.762. The van der Waals surface area contributed by atoms with Gasteiger partial charge in [0.15, 0.2) is 0 Å². The Balaban J connectivity index is 1.70. The van der Waals surface area contributed by atoms with Crippen LogP contribution in [-0.2, 0) is 15.9 Å². The Labute approximate surface area is 163 Å². The van der Waals surface area contributed by atoms with Crippen LogP contribution < -0.4 is 0 Å². The third kappa shape index (κ3) is 3.35. The Bertz CT molecular complexity index is 832. The molecule has 1 spiro atoms. The summed E-state index contributed by atoms with van der Waals surface area (Å²) in [6.07, 6.45) is 2.38. The molecular weight excluding hydrogens is 368 g/mol. The summed E-state index contributed by atoms with van der Waals surface area (Å²) in [5.41, 5.74) is 0.325. The molecule has 1 aromatic heterocycles. The molecule has 0 bridgehead atoms. The number of ether oxygens (including phenoxy) is 2. The van der Waals surface area contributed by atoms with E-state index in [-0.39, 0.29) is 11.7 Å². The molecule has 0 radical (unpaired) electrons. The van der Waals surface area contributed by atoms with Crippen LogP contribution in [0.2, 0.25) is 5.02 Å². The van der Waals surface area contributed by atoms with Crippen molar-refractivity contribution < 1.29 is 14.3 Å². The van der Waals surface area contributed by atoms with Gasteiger partial charge in [0.1, 0.15) is 5.82 Å². The lowest BCUT2D eigenvalue weighted by atomic mass is 9.95. The number of halogens is 1. The van der Waals surface area contributed by atoms with Crippen molar-refractivity contribution >= 4 is 17.5 Å². The van der Waals surface area contributed by atoms with Crippen molar-refractivity contribution in [3.05, 3.63) is 40.9 Å². The monoisotopic (exact) mass is 390 g/mol. The van der Waals surface area contributed by atoms with E-state index in [9.17, 15) is 4.79 Å². The van der Waals surface area contributed by atoms with E-state index in [0.717, 1.165) is 24.4 Å². The molecule has 144 valence electrons. The molecule has 2 fully saturated rings. The predicted octanol–water partition coefficient (Wildman–Crippen LogP) is 2.50. The third-order valence-corrected chi connectivity index (χ3v) is 5.47. The van der Waals surface area contributed by atoms with Gasteiger partial charge in [-0.05, 0) is 25.0 Å². The Morgan fingerprint density at radius 2 is 2.04 bits per heavy atom. The van der Waals surface area contributed by atoms with E-state index in [0.29, 0.717) is 44.4 Å². The Morgan fingerprint density at radius 1 is 1.26 bits per heavy atom. The maximum Gasteiger partial charge on any atom is 0.294 e. The highest BCUT2D eigenvalue weighted by atomic mass is 35.5. The van der Waals surface area contributed by atoms with Crippen LogP contribution in [0.25, 0.3) is 5.69 Å². The quantitative estimate of drug-likeness (QED) is 0.802. The molecule has 1 unspecified atom stereocenters. The molecule has 3 heterocycles. The average molecular weight is 391 g/mol. The van der Waals surface area contributed by atoms with Gasteiger partial charge in [-0.2, -0.15) is 0 Å². The van der Waals surface area contributed by atoms with Gasteiger partial charge in [-0.15, -0.1) is 5.10 Å². The summed E-state index contributed by atoms with van der Waals surface area (Å²) in [4.78, 5) is 19.7.